The molecule has 0 aliphatic carbocycles. The van der Waals surface area contributed by atoms with Gasteiger partial charge in [-0.15, -0.1) is 4.51 Å². The summed E-state index contributed by atoms with van der Waals surface area (Å²) in [5, 5.41) is -1.87. The number of halogens is 7. The van der Waals surface area contributed by atoms with Crippen LogP contribution in [0.15, 0.2) is 4.51 Å². The second-order valence-electron chi connectivity index (χ2n) is 1.32. The Hall–Kier alpha value is 0.0500. The van der Waals surface area contributed by atoms with Gasteiger partial charge in [-0.05, 0) is 11.6 Å². The van der Waals surface area contributed by atoms with Crippen LogP contribution in [0.4, 0.5) is 19.4 Å². The van der Waals surface area contributed by atoms with Gasteiger partial charge in [-0.3, -0.25) is 0 Å². The van der Waals surface area contributed by atoms with Crippen LogP contribution in [0.3, 0.4) is 0 Å². The van der Waals surface area contributed by atoms with Crippen LogP contribution >= 0.6 is 33.9 Å². The second-order valence-corrected chi connectivity index (χ2v) is 3.77. The summed E-state index contributed by atoms with van der Waals surface area (Å²) in [6.07, 6.45) is 0. The highest BCUT2D eigenvalue weighted by Crippen LogP contribution is 2.98. The van der Waals surface area contributed by atoms with E-state index in [9.17, 15) is 19.4 Å². The molecule has 0 aliphatic rings. The average molecular weight is 240 g/mol. The van der Waals surface area contributed by atoms with Crippen molar-refractivity contribution in [3.63, 3.8) is 0 Å². The number of rotatable bonds is 1. The fourth-order valence-corrected chi connectivity index (χ4v) is 0.874. The zero-order valence-corrected chi connectivity index (χ0v) is 6.74. The molecule has 0 aromatic carbocycles. The van der Waals surface area contributed by atoms with Crippen molar-refractivity contribution in [2.24, 2.45) is 4.51 Å². The summed E-state index contributed by atoms with van der Waals surface area (Å²) in [5.41, 5.74) is 0. The molecule has 0 radical (unpaired) electrons. The van der Waals surface area contributed by atoms with Crippen LogP contribution in [-0.2, 0) is 4.18 Å². The van der Waals surface area contributed by atoms with E-state index in [0.717, 1.165) is 0 Å². The summed E-state index contributed by atoms with van der Waals surface area (Å²) >= 11 is 8.65. The van der Waals surface area contributed by atoms with Crippen LogP contribution in [0.5, 0.6) is 0 Å². The van der Waals surface area contributed by atoms with E-state index in [1.54, 1.807) is 0 Å². The highest BCUT2D eigenvalue weighted by Gasteiger charge is 2.68. The summed E-state index contributed by atoms with van der Waals surface area (Å²) in [6.45, 7) is 0. The molecule has 0 fully saturated rings. The first-order chi connectivity index (χ1) is 4.43. The smallest absolute Gasteiger partial charge is 0.321 e. The molecule has 0 spiro atoms. The van der Waals surface area contributed by atoms with Crippen molar-refractivity contribution < 1.29 is 23.6 Å². The Balaban J connectivity index is 4.65. The Morgan fingerprint density at radius 3 is 1.64 bits per heavy atom. The molecule has 70 valence electrons. The Bertz CT molecular complexity index is 194. The van der Waals surface area contributed by atoms with Crippen LogP contribution in [-0.4, -0.2) is 5.36 Å². The number of hydrogen-bond acceptors (Lipinski definition) is 2. The summed E-state index contributed by atoms with van der Waals surface area (Å²) in [4.78, 5) is 0. The highest BCUT2D eigenvalue weighted by molar-refractivity contribution is 8.42. The van der Waals surface area contributed by atoms with E-state index in [0.29, 0.717) is 0 Å². The quantitative estimate of drug-likeness (QED) is 0.386. The standard InChI is InChI=1S/CCl2F5NOS/c2-1(9-3)10-11(4,5,6,7)8/b9-1-. The third kappa shape index (κ3) is 7.95. The average Bonchev–Trinajstić information content (AvgIpc) is 1.57. The van der Waals surface area contributed by atoms with E-state index < -0.39 is 15.9 Å². The van der Waals surface area contributed by atoms with Crippen molar-refractivity contribution in [3.05, 3.63) is 0 Å². The third-order valence-electron chi connectivity index (χ3n) is 0.293. The molecule has 0 saturated carbocycles. The van der Waals surface area contributed by atoms with Gasteiger partial charge in [-0.2, -0.15) is 0 Å². The molecule has 0 aromatic heterocycles. The third-order valence-corrected chi connectivity index (χ3v) is 1.26. The molecule has 0 unspecified atom stereocenters. The molecule has 0 rings (SSSR count). The molecule has 0 N–H and O–H groups in total. The zero-order valence-electron chi connectivity index (χ0n) is 4.41. The molecule has 0 amide bonds. The van der Waals surface area contributed by atoms with Crippen LogP contribution in [0.25, 0.3) is 0 Å². The Morgan fingerprint density at radius 1 is 1.18 bits per heavy atom. The summed E-state index contributed by atoms with van der Waals surface area (Å²) in [5.74, 6) is 0. The van der Waals surface area contributed by atoms with Crippen LogP contribution in [0.2, 0.25) is 0 Å². The predicted molar refractivity (Wildman–Crippen MR) is 33.4 cm³/mol. The molecule has 0 bridgehead atoms. The van der Waals surface area contributed by atoms with Gasteiger partial charge in [0.15, 0.2) is 0 Å². The summed E-state index contributed by atoms with van der Waals surface area (Å²) in [6, 6.07) is 0. The van der Waals surface area contributed by atoms with Crippen LogP contribution in [0.1, 0.15) is 0 Å². The lowest BCUT2D eigenvalue weighted by Gasteiger charge is -2.37. The van der Waals surface area contributed by atoms with Crippen molar-refractivity contribution in [1.29, 1.82) is 0 Å². The van der Waals surface area contributed by atoms with Crippen molar-refractivity contribution in [2.45, 2.75) is 0 Å². The van der Waals surface area contributed by atoms with Gasteiger partial charge >= 0.3 is 15.9 Å². The Kier molecular flexibility index (Phi) is 2.06. The van der Waals surface area contributed by atoms with Crippen molar-refractivity contribution in [1.82, 2.24) is 0 Å². The first-order valence-electron chi connectivity index (χ1n) is 1.72. The van der Waals surface area contributed by atoms with Gasteiger partial charge in [0.25, 0.3) is 0 Å². The molecule has 0 aromatic rings. The van der Waals surface area contributed by atoms with Crippen molar-refractivity contribution in [3.8, 4) is 0 Å². The van der Waals surface area contributed by atoms with Gasteiger partial charge in [0.05, 0.1) is 0 Å². The van der Waals surface area contributed by atoms with Crippen molar-refractivity contribution in [2.75, 3.05) is 0 Å². The van der Waals surface area contributed by atoms with Crippen molar-refractivity contribution >= 4 is 39.2 Å². The molecule has 10 heteroatoms. The van der Waals surface area contributed by atoms with E-state index in [-0.39, 0.29) is 0 Å². The lowest BCUT2D eigenvalue weighted by atomic mass is 11.5. The minimum absolute atomic E-state index is 1.87. The van der Waals surface area contributed by atoms with E-state index >= 15 is 0 Å². The lowest BCUT2D eigenvalue weighted by Crippen LogP contribution is -2.12. The number of nitrogens with zero attached hydrogens (tertiary/aromatic N) is 1. The van der Waals surface area contributed by atoms with Gasteiger partial charge in [0.2, 0.25) is 0 Å². The molecule has 0 aliphatic heterocycles. The lowest BCUT2D eigenvalue weighted by molar-refractivity contribution is 0.241. The minimum atomic E-state index is -9.97. The first kappa shape index (κ1) is 11.1. The maximum Gasteiger partial charge on any atom is 0.437 e. The van der Waals surface area contributed by atoms with Gasteiger partial charge in [0.1, 0.15) is 0 Å². The maximum absolute atomic E-state index is 11.2. The first-order valence-corrected chi connectivity index (χ1v) is 4.32. The van der Waals surface area contributed by atoms with Gasteiger partial charge in [0, 0.05) is 11.8 Å². The molecule has 11 heavy (non-hydrogen) atoms. The molecule has 0 atom stereocenters. The van der Waals surface area contributed by atoms with Crippen LogP contribution < -0.4 is 0 Å². The van der Waals surface area contributed by atoms with Gasteiger partial charge in [-0.25, -0.2) is 0 Å². The van der Waals surface area contributed by atoms with E-state index in [2.05, 4.69) is 27.6 Å². The van der Waals surface area contributed by atoms with E-state index in [4.69, 9.17) is 0 Å². The minimum Gasteiger partial charge on any atom is -0.321 e. The Labute approximate surface area is 68.0 Å². The van der Waals surface area contributed by atoms with Gasteiger partial charge < -0.3 is 4.18 Å². The van der Waals surface area contributed by atoms with Gasteiger partial charge in [-0.1, -0.05) is 19.4 Å². The monoisotopic (exact) mass is 239 g/mol. The van der Waals surface area contributed by atoms with Crippen LogP contribution in [0, 0.1) is 0 Å². The number of hydrogen-bond donors (Lipinski definition) is 0. The second kappa shape index (κ2) is 2.05. The summed E-state index contributed by atoms with van der Waals surface area (Å²) in [7, 11) is -9.97. The zero-order chi connectivity index (χ0) is 9.40. The van der Waals surface area contributed by atoms with E-state index in [1.165, 1.54) is 0 Å². The molecule has 2 nitrogen and oxygen atoms in total. The normalized spacial score (nSPS) is 20.5. The fourth-order valence-electron chi connectivity index (χ4n) is 0.144. The summed E-state index contributed by atoms with van der Waals surface area (Å²) < 4.78 is 60.2. The molecular formula is CCl2F5NOS. The fraction of sp³-hybridized carbons (Fsp3) is 0. The highest BCUT2D eigenvalue weighted by atomic mass is 35.5. The SMILES string of the molecule is FS(F)(F)(F)(F)O/C(Cl)=N\Cl. The maximum atomic E-state index is 11.2. The predicted octanol–water partition coefficient (Wildman–Crippen LogP) is 3.97. The largest absolute Gasteiger partial charge is 0.437 e. The topological polar surface area (TPSA) is 21.6 Å². The van der Waals surface area contributed by atoms with E-state index in [1.807, 2.05) is 4.51 Å². The Morgan fingerprint density at radius 2 is 1.55 bits per heavy atom. The molecule has 0 heterocycles. The molecule has 0 saturated heterocycles. The molecular weight excluding hydrogens is 240 g/mol.